The molecule has 3 aromatic rings. The zero-order chi connectivity index (χ0) is 26.9. The van der Waals surface area contributed by atoms with E-state index in [4.69, 9.17) is 21.1 Å². The topological polar surface area (TPSA) is 47.9 Å². The van der Waals surface area contributed by atoms with E-state index in [1.807, 2.05) is 0 Å². The van der Waals surface area contributed by atoms with E-state index in [0.29, 0.717) is 29.8 Å². The van der Waals surface area contributed by atoms with E-state index in [1.165, 1.54) is 12.1 Å². The van der Waals surface area contributed by atoms with Gasteiger partial charge in [0.25, 0.3) is 0 Å². The van der Waals surface area contributed by atoms with Crippen LogP contribution in [-0.4, -0.2) is 24.4 Å². The molecule has 1 heterocycles. The molecule has 0 atom stereocenters. The molecule has 0 bridgehead atoms. The van der Waals surface area contributed by atoms with Gasteiger partial charge in [-0.15, -0.1) is 0 Å². The lowest BCUT2D eigenvalue weighted by Crippen LogP contribution is -2.31. The van der Waals surface area contributed by atoms with Gasteiger partial charge in [-0.05, 0) is 24.3 Å². The number of hydrogen-bond acceptors (Lipinski definition) is 4. The van der Waals surface area contributed by atoms with Crippen molar-refractivity contribution in [2.45, 2.75) is 18.5 Å². The summed E-state index contributed by atoms with van der Waals surface area (Å²) in [7, 11) is 0. The molecule has 12 heteroatoms. The first kappa shape index (κ1) is 26.8. The Labute approximate surface area is 210 Å². The third kappa shape index (κ3) is 5.99. The van der Waals surface area contributed by atoms with Gasteiger partial charge in [0.2, 0.25) is 0 Å². The number of rotatable bonds is 4. The summed E-state index contributed by atoms with van der Waals surface area (Å²) in [6, 6.07) is 5.33. The Bertz CT molecular complexity index is 1350. The summed E-state index contributed by atoms with van der Waals surface area (Å²) in [6.07, 6.45) is -6.37. The average molecular weight is 547 g/mol. The maximum Gasteiger partial charge on any atom is 0.432 e. The van der Waals surface area contributed by atoms with E-state index in [9.17, 15) is 35.8 Å². The lowest BCUT2D eigenvalue weighted by molar-refractivity contribution is -0.220. The standard InChI is InChI=1S/C25H14ClF7O4/c26-23-20(30)8-16(9-21(23)31)37-25(32,33)22-18(28)5-12(6-19(22)29)1-2-13-3-4-14(7-17(13)27)24-35-10-15(34)11-36-24/h3-9,15,24,34H,10-11H2. The predicted molar refractivity (Wildman–Crippen MR) is 115 cm³/mol. The largest absolute Gasteiger partial charge is 0.432 e. The Morgan fingerprint density at radius 3 is 2.00 bits per heavy atom. The number of hydrogen-bond donors (Lipinski definition) is 1. The van der Waals surface area contributed by atoms with Gasteiger partial charge in [0.1, 0.15) is 51.5 Å². The van der Waals surface area contributed by atoms with Crippen molar-refractivity contribution in [1.82, 2.24) is 0 Å². The fraction of sp³-hybridized carbons (Fsp3) is 0.200. The van der Waals surface area contributed by atoms with Crippen LogP contribution in [0.4, 0.5) is 30.7 Å². The van der Waals surface area contributed by atoms with Gasteiger partial charge >= 0.3 is 6.11 Å². The van der Waals surface area contributed by atoms with E-state index in [1.54, 1.807) is 0 Å². The SMILES string of the molecule is OC1COC(c2ccc(C#Cc3cc(F)c(C(F)(F)Oc4cc(F)c(Cl)c(F)c4)c(F)c3)c(F)c2)OC1. The van der Waals surface area contributed by atoms with E-state index in [0.717, 1.165) is 6.07 Å². The smallest absolute Gasteiger partial charge is 0.429 e. The molecule has 1 fully saturated rings. The molecule has 0 aliphatic carbocycles. The van der Waals surface area contributed by atoms with Crippen molar-refractivity contribution in [2.75, 3.05) is 13.2 Å². The molecule has 4 nitrogen and oxygen atoms in total. The van der Waals surface area contributed by atoms with Crippen LogP contribution < -0.4 is 4.74 Å². The van der Waals surface area contributed by atoms with Crippen LogP contribution in [-0.2, 0) is 15.6 Å². The van der Waals surface area contributed by atoms with Gasteiger partial charge in [0.15, 0.2) is 6.29 Å². The minimum Gasteiger partial charge on any atom is -0.429 e. The quantitative estimate of drug-likeness (QED) is 0.249. The van der Waals surface area contributed by atoms with Gasteiger partial charge in [-0.25, -0.2) is 22.0 Å². The predicted octanol–water partition coefficient (Wildman–Crippen LogP) is 5.97. The van der Waals surface area contributed by atoms with E-state index < -0.39 is 69.5 Å². The lowest BCUT2D eigenvalue weighted by atomic mass is 10.1. The minimum absolute atomic E-state index is 0.00146. The van der Waals surface area contributed by atoms with Crippen LogP contribution in [0.15, 0.2) is 42.5 Å². The Balaban J connectivity index is 1.55. The van der Waals surface area contributed by atoms with Crippen LogP contribution >= 0.6 is 11.6 Å². The fourth-order valence-electron chi connectivity index (χ4n) is 3.32. The number of halogens is 8. The van der Waals surface area contributed by atoms with Crippen molar-refractivity contribution < 1.29 is 50.1 Å². The summed E-state index contributed by atoms with van der Waals surface area (Å²) in [5.41, 5.74) is -2.11. The van der Waals surface area contributed by atoms with Gasteiger partial charge in [0, 0.05) is 23.3 Å². The van der Waals surface area contributed by atoms with Crippen molar-refractivity contribution in [3.05, 3.63) is 98.8 Å². The highest BCUT2D eigenvalue weighted by Gasteiger charge is 2.41. The first-order valence-corrected chi connectivity index (χ1v) is 10.8. The summed E-state index contributed by atoms with van der Waals surface area (Å²) in [5, 5.41) is 8.40. The van der Waals surface area contributed by atoms with E-state index in [-0.39, 0.29) is 18.8 Å². The Kier molecular flexibility index (Phi) is 7.66. The second-order valence-electron chi connectivity index (χ2n) is 7.78. The number of aliphatic hydroxyl groups is 1. The Hall–Kier alpha value is -3.30. The molecule has 0 amide bonds. The number of benzene rings is 3. The van der Waals surface area contributed by atoms with Crippen LogP contribution in [0.25, 0.3) is 0 Å². The maximum atomic E-state index is 14.5. The van der Waals surface area contributed by atoms with Crippen molar-refractivity contribution in [2.24, 2.45) is 0 Å². The zero-order valence-corrected chi connectivity index (χ0v) is 19.1. The number of ether oxygens (including phenoxy) is 3. The normalized spacial score (nSPS) is 17.8. The van der Waals surface area contributed by atoms with Crippen LogP contribution in [0.3, 0.4) is 0 Å². The molecular formula is C25H14ClF7O4. The van der Waals surface area contributed by atoms with Crippen molar-refractivity contribution >= 4 is 11.6 Å². The highest BCUT2D eigenvalue weighted by Crippen LogP contribution is 2.37. The monoisotopic (exact) mass is 546 g/mol. The van der Waals surface area contributed by atoms with Gasteiger partial charge in [-0.3, -0.25) is 0 Å². The van der Waals surface area contributed by atoms with Crippen LogP contribution in [0.1, 0.15) is 28.5 Å². The molecular weight excluding hydrogens is 533 g/mol. The maximum absolute atomic E-state index is 14.5. The molecule has 37 heavy (non-hydrogen) atoms. The molecule has 0 radical (unpaired) electrons. The second kappa shape index (κ2) is 10.6. The summed E-state index contributed by atoms with van der Waals surface area (Å²) >= 11 is 5.27. The zero-order valence-electron chi connectivity index (χ0n) is 18.3. The molecule has 1 saturated heterocycles. The molecule has 4 rings (SSSR count). The third-order valence-corrected chi connectivity index (χ3v) is 5.38. The molecule has 0 unspecified atom stereocenters. The van der Waals surface area contributed by atoms with Crippen molar-refractivity contribution in [3.8, 4) is 17.6 Å². The Morgan fingerprint density at radius 1 is 0.838 bits per heavy atom. The lowest BCUT2D eigenvalue weighted by Gasteiger charge is -2.26. The molecule has 0 saturated carbocycles. The summed E-state index contributed by atoms with van der Waals surface area (Å²) in [6.45, 7) is -0.00292. The molecule has 1 aliphatic heterocycles. The van der Waals surface area contributed by atoms with Crippen molar-refractivity contribution in [1.29, 1.82) is 0 Å². The average Bonchev–Trinajstić information content (AvgIpc) is 2.81. The first-order chi connectivity index (χ1) is 17.4. The first-order valence-electron chi connectivity index (χ1n) is 10.4. The molecule has 0 aromatic heterocycles. The van der Waals surface area contributed by atoms with Gasteiger partial charge in [-0.1, -0.05) is 29.5 Å². The van der Waals surface area contributed by atoms with Crippen LogP contribution in [0.2, 0.25) is 5.02 Å². The van der Waals surface area contributed by atoms with E-state index in [2.05, 4.69) is 16.6 Å². The molecule has 0 spiro atoms. The third-order valence-electron chi connectivity index (χ3n) is 5.02. The second-order valence-corrected chi connectivity index (χ2v) is 8.15. The number of aliphatic hydroxyl groups excluding tert-OH is 1. The van der Waals surface area contributed by atoms with E-state index >= 15 is 0 Å². The van der Waals surface area contributed by atoms with Crippen molar-refractivity contribution in [3.63, 3.8) is 0 Å². The number of alkyl halides is 2. The fourth-order valence-corrected chi connectivity index (χ4v) is 3.43. The summed E-state index contributed by atoms with van der Waals surface area (Å²) in [4.78, 5) is 0. The van der Waals surface area contributed by atoms with Gasteiger partial charge in [0.05, 0.1) is 18.8 Å². The highest BCUT2D eigenvalue weighted by molar-refractivity contribution is 6.30. The van der Waals surface area contributed by atoms with Gasteiger partial charge in [-0.2, -0.15) is 8.78 Å². The Morgan fingerprint density at radius 2 is 1.43 bits per heavy atom. The molecule has 194 valence electrons. The summed E-state index contributed by atoms with van der Waals surface area (Å²) in [5.74, 6) is -3.64. The highest BCUT2D eigenvalue weighted by atomic mass is 35.5. The van der Waals surface area contributed by atoms with Crippen LogP contribution in [0, 0.1) is 40.9 Å². The van der Waals surface area contributed by atoms with Crippen LogP contribution in [0.5, 0.6) is 5.75 Å². The van der Waals surface area contributed by atoms with Gasteiger partial charge < -0.3 is 19.3 Å². The molecule has 1 N–H and O–H groups in total. The molecule has 1 aliphatic rings. The molecule has 3 aromatic carbocycles. The minimum atomic E-state index is -4.67. The summed E-state index contributed by atoms with van der Waals surface area (Å²) < 4.78 is 114.